The van der Waals surface area contributed by atoms with Crippen LogP contribution in [-0.2, 0) is 0 Å². The zero-order chi connectivity index (χ0) is 8.84. The van der Waals surface area contributed by atoms with Crippen molar-refractivity contribution in [2.24, 2.45) is 0 Å². The van der Waals surface area contributed by atoms with E-state index in [4.69, 9.17) is 4.52 Å². The summed E-state index contributed by atoms with van der Waals surface area (Å²) in [5.41, 5.74) is 3.02. The van der Waals surface area contributed by atoms with E-state index in [0.29, 0.717) is 0 Å². The molecule has 2 heterocycles. The van der Waals surface area contributed by atoms with Gasteiger partial charge >= 0.3 is 0 Å². The first-order valence-corrected chi connectivity index (χ1v) is 4.25. The Balaban J connectivity index is 2.34. The minimum absolute atomic E-state index is 0.274. The molecule has 0 saturated heterocycles. The van der Waals surface area contributed by atoms with Crippen LogP contribution >= 0.6 is 0 Å². The number of nitrogens with one attached hydrogen (secondary N) is 2. The zero-order valence-corrected chi connectivity index (χ0v) is 7.16. The Hall–Kier alpha value is -1.71. The van der Waals surface area contributed by atoms with Crippen molar-refractivity contribution in [3.8, 4) is 0 Å². The first kappa shape index (κ1) is 6.77. The van der Waals surface area contributed by atoms with E-state index in [1.54, 1.807) is 6.20 Å². The molecule has 1 aromatic heterocycles. The highest BCUT2D eigenvalue weighted by atomic mass is 16.5. The molecule has 1 aliphatic heterocycles. The average Bonchev–Trinajstić information content (AvgIpc) is 2.65. The van der Waals surface area contributed by atoms with Crippen LogP contribution < -0.4 is 10.6 Å². The lowest BCUT2D eigenvalue weighted by Crippen LogP contribution is -2.16. The molecule has 2 N–H and O–H groups in total. The van der Waals surface area contributed by atoms with Gasteiger partial charge in [0.1, 0.15) is 0 Å². The van der Waals surface area contributed by atoms with Crippen molar-refractivity contribution in [1.82, 2.24) is 5.16 Å². The van der Waals surface area contributed by atoms with Crippen molar-refractivity contribution in [3.05, 3.63) is 18.3 Å². The fourth-order valence-electron chi connectivity index (χ4n) is 1.71. The summed E-state index contributed by atoms with van der Waals surface area (Å²) in [6.07, 6.45) is 2.01. The normalized spacial score (nSPS) is 19.6. The molecule has 0 aliphatic carbocycles. The maximum atomic E-state index is 5.06. The second kappa shape index (κ2) is 2.16. The number of rotatable bonds is 0. The molecule has 2 aromatic rings. The highest BCUT2D eigenvalue weighted by molar-refractivity contribution is 5.99. The number of hydrogen-bond acceptors (Lipinski definition) is 4. The van der Waals surface area contributed by atoms with Crippen molar-refractivity contribution in [2.75, 3.05) is 10.6 Å². The van der Waals surface area contributed by atoms with Crippen LogP contribution in [0.25, 0.3) is 11.0 Å². The third-order valence-corrected chi connectivity index (χ3v) is 2.27. The lowest BCUT2D eigenvalue weighted by atomic mass is 10.2. The third-order valence-electron chi connectivity index (χ3n) is 2.27. The van der Waals surface area contributed by atoms with E-state index in [1.165, 1.54) is 0 Å². The number of aromatic nitrogens is 1. The van der Waals surface area contributed by atoms with Gasteiger partial charge in [-0.3, -0.25) is 0 Å². The van der Waals surface area contributed by atoms with E-state index >= 15 is 0 Å². The summed E-state index contributed by atoms with van der Waals surface area (Å²) in [7, 11) is 0. The molecule has 0 bridgehead atoms. The summed E-state index contributed by atoms with van der Waals surface area (Å²) in [4.78, 5) is 0. The van der Waals surface area contributed by atoms with Crippen LogP contribution in [0.5, 0.6) is 0 Å². The van der Waals surface area contributed by atoms with Gasteiger partial charge in [0.05, 0.1) is 29.1 Å². The monoisotopic (exact) mass is 175 g/mol. The van der Waals surface area contributed by atoms with Crippen LogP contribution in [0.3, 0.4) is 0 Å². The molecule has 0 fully saturated rings. The van der Waals surface area contributed by atoms with E-state index in [0.717, 1.165) is 22.3 Å². The molecule has 1 aliphatic rings. The smallest absolute Gasteiger partial charge is 0.169 e. The lowest BCUT2D eigenvalue weighted by molar-refractivity contribution is 0.456. The summed E-state index contributed by atoms with van der Waals surface area (Å²) in [6, 6.07) is 3.92. The highest BCUT2D eigenvalue weighted by Gasteiger charge is 2.18. The van der Waals surface area contributed by atoms with Gasteiger partial charge < -0.3 is 15.2 Å². The fraction of sp³-hybridized carbons (Fsp3) is 0.222. The minimum atomic E-state index is 0.274. The van der Waals surface area contributed by atoms with Crippen molar-refractivity contribution in [2.45, 2.75) is 13.1 Å². The molecule has 3 rings (SSSR count). The van der Waals surface area contributed by atoms with Crippen molar-refractivity contribution < 1.29 is 4.52 Å². The number of hydrogen-bond donors (Lipinski definition) is 2. The van der Waals surface area contributed by atoms with Gasteiger partial charge in [0.15, 0.2) is 5.58 Å². The molecule has 0 saturated carbocycles. The molecule has 1 aromatic carbocycles. The van der Waals surface area contributed by atoms with E-state index < -0.39 is 0 Å². The molecule has 1 unspecified atom stereocenters. The fourth-order valence-corrected chi connectivity index (χ4v) is 1.71. The highest BCUT2D eigenvalue weighted by Crippen LogP contribution is 2.35. The van der Waals surface area contributed by atoms with Crippen LogP contribution in [0.1, 0.15) is 6.92 Å². The van der Waals surface area contributed by atoms with Crippen LogP contribution in [-0.4, -0.2) is 11.3 Å². The molecule has 13 heavy (non-hydrogen) atoms. The summed E-state index contributed by atoms with van der Waals surface area (Å²) in [6.45, 7) is 2.07. The number of fused-ring (bicyclic) bond motifs is 3. The second-order valence-electron chi connectivity index (χ2n) is 3.24. The number of nitrogens with zero attached hydrogens (tertiary/aromatic N) is 1. The lowest BCUT2D eigenvalue weighted by Gasteiger charge is -2.01. The maximum Gasteiger partial charge on any atom is 0.169 e. The van der Waals surface area contributed by atoms with Crippen molar-refractivity contribution >= 4 is 22.3 Å². The van der Waals surface area contributed by atoms with Crippen LogP contribution in [0.4, 0.5) is 11.4 Å². The SMILES string of the molecule is CC1Nc2ccc3oncc3c2N1. The first-order chi connectivity index (χ1) is 6.34. The number of anilines is 2. The van der Waals surface area contributed by atoms with Gasteiger partial charge in [0.25, 0.3) is 0 Å². The van der Waals surface area contributed by atoms with Gasteiger partial charge in [0.2, 0.25) is 0 Å². The van der Waals surface area contributed by atoms with Gasteiger partial charge in [-0.2, -0.15) is 0 Å². The average molecular weight is 175 g/mol. The molecule has 66 valence electrons. The Kier molecular flexibility index (Phi) is 1.12. The van der Waals surface area contributed by atoms with E-state index in [2.05, 4.69) is 22.7 Å². The molecule has 4 heteroatoms. The summed E-state index contributed by atoms with van der Waals surface area (Å²) >= 11 is 0. The Labute approximate surface area is 74.9 Å². The van der Waals surface area contributed by atoms with Crippen molar-refractivity contribution in [3.63, 3.8) is 0 Å². The van der Waals surface area contributed by atoms with Gasteiger partial charge in [0, 0.05) is 0 Å². The second-order valence-corrected chi connectivity index (χ2v) is 3.24. The van der Waals surface area contributed by atoms with Gasteiger partial charge in [-0.05, 0) is 19.1 Å². The molecular weight excluding hydrogens is 166 g/mol. The van der Waals surface area contributed by atoms with E-state index in [-0.39, 0.29) is 6.17 Å². The summed E-state index contributed by atoms with van der Waals surface area (Å²) < 4.78 is 5.06. The van der Waals surface area contributed by atoms with Gasteiger partial charge in [-0.15, -0.1) is 0 Å². The summed E-state index contributed by atoms with van der Waals surface area (Å²) in [5.74, 6) is 0. The summed E-state index contributed by atoms with van der Waals surface area (Å²) in [5, 5.41) is 11.4. The quantitative estimate of drug-likeness (QED) is 0.643. The molecule has 0 radical (unpaired) electrons. The Morgan fingerprint density at radius 3 is 3.23 bits per heavy atom. The van der Waals surface area contributed by atoms with Crippen LogP contribution in [0, 0.1) is 0 Å². The topological polar surface area (TPSA) is 50.1 Å². The Morgan fingerprint density at radius 2 is 2.31 bits per heavy atom. The maximum absolute atomic E-state index is 5.06. The molecule has 4 nitrogen and oxygen atoms in total. The molecule has 1 atom stereocenters. The molecule has 0 amide bonds. The van der Waals surface area contributed by atoms with Crippen molar-refractivity contribution in [1.29, 1.82) is 0 Å². The van der Waals surface area contributed by atoms with E-state index in [1.807, 2.05) is 12.1 Å². The Bertz CT molecular complexity index is 463. The van der Waals surface area contributed by atoms with E-state index in [9.17, 15) is 0 Å². The first-order valence-electron chi connectivity index (χ1n) is 4.25. The Morgan fingerprint density at radius 1 is 1.38 bits per heavy atom. The van der Waals surface area contributed by atoms with Gasteiger partial charge in [-0.25, -0.2) is 0 Å². The standard InChI is InChI=1S/C9H9N3O/c1-5-11-7-2-3-8-6(4-10-13-8)9(7)12-5/h2-5,11-12H,1H3. The zero-order valence-electron chi connectivity index (χ0n) is 7.16. The number of benzene rings is 1. The predicted molar refractivity (Wildman–Crippen MR) is 50.7 cm³/mol. The van der Waals surface area contributed by atoms with Crippen LogP contribution in [0.15, 0.2) is 22.9 Å². The van der Waals surface area contributed by atoms with Gasteiger partial charge in [-0.1, -0.05) is 5.16 Å². The minimum Gasteiger partial charge on any atom is -0.364 e. The predicted octanol–water partition coefficient (Wildman–Crippen LogP) is 2.01. The molecular formula is C9H9N3O. The largest absolute Gasteiger partial charge is 0.364 e. The van der Waals surface area contributed by atoms with Crippen LogP contribution in [0.2, 0.25) is 0 Å². The third kappa shape index (κ3) is 0.824. The molecule has 0 spiro atoms.